The van der Waals surface area contributed by atoms with Gasteiger partial charge in [-0.25, -0.2) is 8.78 Å². The highest BCUT2D eigenvalue weighted by Crippen LogP contribution is 2.18. The second kappa shape index (κ2) is 6.09. The van der Waals surface area contributed by atoms with Gasteiger partial charge in [0.05, 0.1) is 0 Å². The van der Waals surface area contributed by atoms with Crippen LogP contribution in [0.4, 0.5) is 8.78 Å². The molecule has 0 bridgehead atoms. The van der Waals surface area contributed by atoms with Gasteiger partial charge in [0, 0.05) is 0 Å². The molecular formula is C12H12F2N2O4. The van der Waals surface area contributed by atoms with Gasteiger partial charge >= 0.3 is 5.97 Å². The standard InChI is InChI=1S/C12H12F2N2O4/c1-6-2-3-7(13)10(11(6)14)12(20)16(4-8(15)17)5-9(18)19/h2-3H,4-5H2,1H3,(H2,15,17)(H,18,19). The van der Waals surface area contributed by atoms with Crippen LogP contribution in [0.1, 0.15) is 15.9 Å². The highest BCUT2D eigenvalue weighted by atomic mass is 19.1. The topological polar surface area (TPSA) is 101 Å². The Kier molecular flexibility index (Phi) is 4.73. The molecule has 1 rings (SSSR count). The maximum absolute atomic E-state index is 13.8. The van der Waals surface area contributed by atoms with Crippen molar-refractivity contribution in [3.05, 3.63) is 34.9 Å². The molecule has 6 nitrogen and oxygen atoms in total. The molecule has 108 valence electrons. The average Bonchev–Trinajstić information content (AvgIpc) is 2.32. The van der Waals surface area contributed by atoms with Gasteiger partial charge in [-0.05, 0) is 18.6 Å². The van der Waals surface area contributed by atoms with E-state index < -0.39 is 48.1 Å². The molecule has 0 radical (unpaired) electrons. The summed E-state index contributed by atoms with van der Waals surface area (Å²) in [6.45, 7) is -0.326. The molecule has 8 heteroatoms. The summed E-state index contributed by atoms with van der Waals surface area (Å²) >= 11 is 0. The number of hydrogen-bond donors (Lipinski definition) is 2. The molecular weight excluding hydrogens is 274 g/mol. The normalized spacial score (nSPS) is 10.2. The van der Waals surface area contributed by atoms with Crippen LogP contribution in [0, 0.1) is 18.6 Å². The third-order valence-corrected chi connectivity index (χ3v) is 2.46. The van der Waals surface area contributed by atoms with Crippen molar-refractivity contribution in [2.24, 2.45) is 5.73 Å². The van der Waals surface area contributed by atoms with E-state index in [4.69, 9.17) is 10.8 Å². The summed E-state index contributed by atoms with van der Waals surface area (Å²) in [6.07, 6.45) is 0. The summed E-state index contributed by atoms with van der Waals surface area (Å²) in [5, 5.41) is 8.65. The van der Waals surface area contributed by atoms with Crippen LogP contribution in [0.3, 0.4) is 0 Å². The molecule has 0 saturated carbocycles. The van der Waals surface area contributed by atoms with Crippen LogP contribution in [0.2, 0.25) is 0 Å². The van der Waals surface area contributed by atoms with Crippen molar-refractivity contribution in [2.45, 2.75) is 6.92 Å². The van der Waals surface area contributed by atoms with Gasteiger partial charge in [0.25, 0.3) is 5.91 Å². The van der Waals surface area contributed by atoms with Crippen LogP contribution in [0.5, 0.6) is 0 Å². The molecule has 1 aromatic rings. The number of nitrogens with two attached hydrogens (primary N) is 1. The lowest BCUT2D eigenvalue weighted by atomic mass is 10.1. The minimum Gasteiger partial charge on any atom is -0.480 e. The first kappa shape index (κ1) is 15.5. The zero-order chi connectivity index (χ0) is 15.4. The van der Waals surface area contributed by atoms with Gasteiger partial charge in [0.15, 0.2) is 0 Å². The molecule has 0 unspecified atom stereocenters. The average molecular weight is 286 g/mol. The third-order valence-electron chi connectivity index (χ3n) is 2.46. The molecule has 0 aliphatic carbocycles. The van der Waals surface area contributed by atoms with Gasteiger partial charge in [-0.3, -0.25) is 14.4 Å². The lowest BCUT2D eigenvalue weighted by molar-refractivity contribution is -0.138. The van der Waals surface area contributed by atoms with E-state index in [1.165, 1.54) is 6.92 Å². The number of amides is 2. The van der Waals surface area contributed by atoms with Gasteiger partial charge in [-0.1, -0.05) is 6.07 Å². The van der Waals surface area contributed by atoms with E-state index in [1.54, 1.807) is 0 Å². The number of rotatable bonds is 5. The highest BCUT2D eigenvalue weighted by Gasteiger charge is 2.26. The molecule has 20 heavy (non-hydrogen) atoms. The summed E-state index contributed by atoms with van der Waals surface area (Å²) in [7, 11) is 0. The van der Waals surface area contributed by atoms with Crippen LogP contribution >= 0.6 is 0 Å². The highest BCUT2D eigenvalue weighted by molar-refractivity contribution is 5.98. The molecule has 1 aromatic carbocycles. The molecule has 0 aliphatic heterocycles. The van der Waals surface area contributed by atoms with Crippen molar-refractivity contribution in [3.63, 3.8) is 0 Å². The van der Waals surface area contributed by atoms with Crippen LogP contribution in [-0.2, 0) is 9.59 Å². The Hall–Kier alpha value is -2.51. The lowest BCUT2D eigenvalue weighted by Crippen LogP contribution is -2.42. The number of halogens is 2. The largest absolute Gasteiger partial charge is 0.480 e. The third kappa shape index (κ3) is 3.50. The first-order valence-electron chi connectivity index (χ1n) is 5.48. The number of carboxylic acids is 1. The molecule has 0 saturated heterocycles. The Labute approximate surface area is 112 Å². The van der Waals surface area contributed by atoms with Crippen molar-refractivity contribution >= 4 is 17.8 Å². The van der Waals surface area contributed by atoms with Gasteiger partial charge in [0.1, 0.15) is 30.3 Å². The Morgan fingerprint density at radius 1 is 1.25 bits per heavy atom. The van der Waals surface area contributed by atoms with Crippen molar-refractivity contribution in [1.82, 2.24) is 4.90 Å². The fraction of sp³-hybridized carbons (Fsp3) is 0.250. The Bertz CT molecular complexity index is 559. The minimum absolute atomic E-state index is 0.0177. The number of carbonyl (C=O) groups is 3. The lowest BCUT2D eigenvalue weighted by Gasteiger charge is -2.19. The van der Waals surface area contributed by atoms with Gasteiger partial charge in [-0.2, -0.15) is 0 Å². The Balaban J connectivity index is 3.21. The molecule has 0 atom stereocenters. The van der Waals surface area contributed by atoms with Crippen LogP contribution < -0.4 is 5.73 Å². The molecule has 0 fully saturated rings. The number of nitrogens with zero attached hydrogens (tertiary/aromatic N) is 1. The van der Waals surface area contributed by atoms with Gasteiger partial charge in [-0.15, -0.1) is 0 Å². The van der Waals surface area contributed by atoms with Gasteiger partial charge < -0.3 is 15.7 Å². The molecule has 2 amide bonds. The zero-order valence-corrected chi connectivity index (χ0v) is 10.5. The smallest absolute Gasteiger partial charge is 0.323 e. The van der Waals surface area contributed by atoms with Crippen molar-refractivity contribution in [3.8, 4) is 0 Å². The Morgan fingerprint density at radius 2 is 1.85 bits per heavy atom. The fourth-order valence-electron chi connectivity index (χ4n) is 1.56. The second-order valence-corrected chi connectivity index (χ2v) is 4.07. The number of primary amides is 1. The molecule has 0 spiro atoms. The van der Waals surface area contributed by atoms with E-state index in [-0.39, 0.29) is 5.56 Å². The van der Waals surface area contributed by atoms with E-state index in [9.17, 15) is 23.2 Å². The van der Waals surface area contributed by atoms with E-state index in [0.717, 1.165) is 12.1 Å². The molecule has 0 heterocycles. The number of hydrogen-bond acceptors (Lipinski definition) is 3. The number of benzene rings is 1. The fourth-order valence-corrected chi connectivity index (χ4v) is 1.56. The summed E-state index contributed by atoms with van der Waals surface area (Å²) in [5.74, 6) is -5.92. The molecule has 0 aromatic heterocycles. The van der Waals surface area contributed by atoms with Crippen molar-refractivity contribution < 1.29 is 28.3 Å². The minimum atomic E-state index is -1.44. The zero-order valence-electron chi connectivity index (χ0n) is 10.5. The number of aliphatic carboxylic acids is 1. The number of carboxylic acid groups (broad SMARTS) is 1. The van der Waals surface area contributed by atoms with Gasteiger partial charge in [0.2, 0.25) is 5.91 Å². The van der Waals surface area contributed by atoms with Crippen LogP contribution in [-0.4, -0.2) is 40.9 Å². The Morgan fingerprint density at radius 3 is 2.35 bits per heavy atom. The summed E-state index contributed by atoms with van der Waals surface area (Å²) in [4.78, 5) is 33.9. The van der Waals surface area contributed by atoms with Crippen LogP contribution in [0.25, 0.3) is 0 Å². The predicted molar refractivity (Wildman–Crippen MR) is 63.8 cm³/mol. The van der Waals surface area contributed by atoms with E-state index >= 15 is 0 Å². The van der Waals surface area contributed by atoms with Crippen molar-refractivity contribution in [1.29, 1.82) is 0 Å². The maximum atomic E-state index is 13.8. The number of aryl methyl sites for hydroxylation is 1. The number of carbonyl (C=O) groups excluding carboxylic acids is 2. The van der Waals surface area contributed by atoms with E-state index in [1.807, 2.05) is 0 Å². The predicted octanol–water partition coefficient (Wildman–Crippen LogP) is 0.285. The van der Waals surface area contributed by atoms with E-state index in [0.29, 0.717) is 4.90 Å². The SMILES string of the molecule is Cc1ccc(F)c(C(=O)N(CC(N)=O)CC(=O)O)c1F. The maximum Gasteiger partial charge on any atom is 0.323 e. The summed E-state index contributed by atoms with van der Waals surface area (Å²) in [6, 6.07) is 2.02. The van der Waals surface area contributed by atoms with E-state index in [2.05, 4.69) is 0 Å². The summed E-state index contributed by atoms with van der Waals surface area (Å²) < 4.78 is 27.4. The quantitative estimate of drug-likeness (QED) is 0.812. The molecule has 0 aliphatic rings. The molecule has 3 N–H and O–H groups in total. The first-order valence-corrected chi connectivity index (χ1v) is 5.48. The van der Waals surface area contributed by atoms with Crippen LogP contribution in [0.15, 0.2) is 12.1 Å². The van der Waals surface area contributed by atoms with Crippen molar-refractivity contribution in [2.75, 3.05) is 13.1 Å². The first-order chi connectivity index (χ1) is 9.23. The second-order valence-electron chi connectivity index (χ2n) is 4.07. The monoisotopic (exact) mass is 286 g/mol. The summed E-state index contributed by atoms with van der Waals surface area (Å²) in [5.41, 5.74) is 3.99.